The lowest BCUT2D eigenvalue weighted by molar-refractivity contribution is -0.124. The lowest BCUT2D eigenvalue weighted by atomic mass is 9.88. The number of urea groups is 1. The van der Waals surface area contributed by atoms with Gasteiger partial charge in [-0.25, -0.2) is 14.2 Å². The van der Waals surface area contributed by atoms with Crippen LogP contribution in [0.4, 0.5) is 9.18 Å². The molecule has 2 aliphatic heterocycles. The van der Waals surface area contributed by atoms with Gasteiger partial charge in [0.25, 0.3) is 11.8 Å². The van der Waals surface area contributed by atoms with Gasteiger partial charge in [0.05, 0.1) is 17.2 Å². The van der Waals surface area contributed by atoms with Crippen molar-refractivity contribution in [1.82, 2.24) is 20.5 Å². The summed E-state index contributed by atoms with van der Waals surface area (Å²) in [6, 6.07) is 18.8. The predicted octanol–water partition coefficient (Wildman–Crippen LogP) is 4.62. The Balaban J connectivity index is 1.32. The molecule has 4 aromatic rings. The smallest absolute Gasteiger partial charge is 0.322 e. The Bertz CT molecular complexity index is 1580. The molecule has 0 aliphatic carbocycles. The first kappa shape index (κ1) is 23.1. The van der Waals surface area contributed by atoms with Crippen LogP contribution in [0.5, 0.6) is 0 Å². The van der Waals surface area contributed by atoms with Gasteiger partial charge in [0.2, 0.25) is 0 Å². The van der Waals surface area contributed by atoms with Crippen LogP contribution in [0.3, 0.4) is 0 Å². The summed E-state index contributed by atoms with van der Waals surface area (Å²) in [6.07, 6.45) is 0. The highest BCUT2D eigenvalue weighted by Gasteiger charge is 2.50. The van der Waals surface area contributed by atoms with Gasteiger partial charge in [-0.15, -0.1) is 11.3 Å². The standard InChI is InChI=1S/C28H21FN4O3S/c1-16-30-24(14-37-16)19-4-2-3-18(11-19)17-5-8-21(9-6-17)28(26(35)31-27(36)32-28)15-33-13-20-7-10-22(29)12-23(20)25(33)34/h2-12,14H,13,15H2,1H3,(H2,31,32,35,36)/t28-/m1/s1. The number of nitrogens with one attached hydrogen (secondary N) is 2. The van der Waals surface area contributed by atoms with Gasteiger partial charge in [0.1, 0.15) is 5.82 Å². The molecule has 9 heteroatoms. The molecule has 0 bridgehead atoms. The van der Waals surface area contributed by atoms with Crippen molar-refractivity contribution in [2.24, 2.45) is 0 Å². The van der Waals surface area contributed by atoms with Crippen LogP contribution in [0, 0.1) is 12.7 Å². The zero-order chi connectivity index (χ0) is 25.7. The van der Waals surface area contributed by atoms with E-state index in [1.165, 1.54) is 17.0 Å². The first-order valence-corrected chi connectivity index (χ1v) is 12.6. The largest absolute Gasteiger partial charge is 0.331 e. The number of aryl methyl sites for hydroxylation is 1. The van der Waals surface area contributed by atoms with E-state index in [0.29, 0.717) is 11.1 Å². The third kappa shape index (κ3) is 3.97. The molecular weight excluding hydrogens is 491 g/mol. The molecule has 3 heterocycles. The number of carbonyl (C=O) groups excluding carboxylic acids is 3. The third-order valence-corrected chi connectivity index (χ3v) is 7.58. The number of amides is 4. The van der Waals surface area contributed by atoms with Crippen LogP contribution < -0.4 is 10.6 Å². The number of hydrogen-bond donors (Lipinski definition) is 2. The van der Waals surface area contributed by atoms with Crippen LogP contribution in [-0.4, -0.2) is 34.3 Å². The first-order chi connectivity index (χ1) is 17.8. The van der Waals surface area contributed by atoms with Crippen molar-refractivity contribution in [2.45, 2.75) is 19.0 Å². The summed E-state index contributed by atoms with van der Waals surface area (Å²) in [6.45, 7) is 2.11. The second kappa shape index (κ2) is 8.63. The molecule has 37 heavy (non-hydrogen) atoms. The van der Waals surface area contributed by atoms with Crippen molar-refractivity contribution in [3.8, 4) is 22.4 Å². The minimum absolute atomic E-state index is 0.0856. The first-order valence-electron chi connectivity index (χ1n) is 11.7. The molecule has 2 aliphatic rings. The van der Waals surface area contributed by atoms with Crippen molar-refractivity contribution in [1.29, 1.82) is 0 Å². The van der Waals surface area contributed by atoms with Crippen molar-refractivity contribution in [2.75, 3.05) is 6.54 Å². The van der Waals surface area contributed by atoms with Crippen LogP contribution in [0.2, 0.25) is 0 Å². The Morgan fingerprint density at radius 2 is 1.78 bits per heavy atom. The van der Waals surface area contributed by atoms with Crippen LogP contribution in [0.15, 0.2) is 72.1 Å². The fourth-order valence-corrected chi connectivity index (χ4v) is 5.57. The summed E-state index contributed by atoms with van der Waals surface area (Å²) in [4.78, 5) is 44.3. The molecule has 4 amide bonds. The van der Waals surface area contributed by atoms with Gasteiger partial charge in [-0.05, 0) is 47.4 Å². The minimum Gasteiger partial charge on any atom is -0.331 e. The highest BCUT2D eigenvalue weighted by atomic mass is 32.1. The molecule has 0 saturated carbocycles. The van der Waals surface area contributed by atoms with Crippen LogP contribution in [0.25, 0.3) is 22.4 Å². The molecule has 3 aromatic carbocycles. The number of aromatic nitrogens is 1. The minimum atomic E-state index is -1.47. The number of hydrogen-bond acceptors (Lipinski definition) is 5. The molecule has 1 fully saturated rings. The molecule has 0 radical (unpaired) electrons. The molecule has 0 unspecified atom stereocenters. The van der Waals surface area contributed by atoms with Crippen LogP contribution in [0.1, 0.15) is 26.5 Å². The number of halogens is 1. The normalized spacial score (nSPS) is 18.6. The van der Waals surface area contributed by atoms with E-state index < -0.39 is 23.3 Å². The average Bonchev–Trinajstić information content (AvgIpc) is 3.55. The molecule has 0 spiro atoms. The number of nitrogens with zero attached hydrogens (tertiary/aromatic N) is 2. The van der Waals surface area contributed by atoms with E-state index in [0.717, 1.165) is 27.4 Å². The Hall–Kier alpha value is -4.37. The maximum Gasteiger partial charge on any atom is 0.322 e. The average molecular weight is 513 g/mol. The summed E-state index contributed by atoms with van der Waals surface area (Å²) in [7, 11) is 0. The lowest BCUT2D eigenvalue weighted by Gasteiger charge is -2.31. The molecule has 6 rings (SSSR count). The fraction of sp³-hybridized carbons (Fsp3) is 0.143. The summed E-state index contributed by atoms with van der Waals surface area (Å²) >= 11 is 1.60. The van der Waals surface area contributed by atoms with Gasteiger partial charge in [0, 0.05) is 23.1 Å². The topological polar surface area (TPSA) is 91.4 Å². The zero-order valence-electron chi connectivity index (χ0n) is 19.7. The molecule has 1 atom stereocenters. The number of thiazole rings is 1. The van der Waals surface area contributed by atoms with E-state index in [1.54, 1.807) is 29.5 Å². The quantitative estimate of drug-likeness (QED) is 0.382. The maximum absolute atomic E-state index is 13.7. The van der Waals surface area contributed by atoms with E-state index in [9.17, 15) is 18.8 Å². The summed E-state index contributed by atoms with van der Waals surface area (Å²) in [5.41, 5.74) is 3.86. The van der Waals surface area contributed by atoms with Gasteiger partial charge in [-0.2, -0.15) is 0 Å². The van der Waals surface area contributed by atoms with Gasteiger partial charge in [-0.1, -0.05) is 48.5 Å². The molecule has 1 aromatic heterocycles. The van der Waals surface area contributed by atoms with Gasteiger partial charge in [0.15, 0.2) is 5.54 Å². The van der Waals surface area contributed by atoms with Gasteiger partial charge in [-0.3, -0.25) is 14.9 Å². The number of carbonyl (C=O) groups is 3. The number of fused-ring (bicyclic) bond motifs is 1. The molecular formula is C28H21FN4O3S. The summed E-state index contributed by atoms with van der Waals surface area (Å²) in [5.74, 6) is -1.42. The third-order valence-electron chi connectivity index (χ3n) is 6.81. The zero-order valence-corrected chi connectivity index (χ0v) is 20.6. The van der Waals surface area contributed by atoms with E-state index >= 15 is 0 Å². The molecule has 7 nitrogen and oxygen atoms in total. The second-order valence-corrected chi connectivity index (χ2v) is 10.2. The van der Waals surface area contributed by atoms with Crippen molar-refractivity contribution in [3.05, 3.63) is 99.6 Å². The second-order valence-electron chi connectivity index (χ2n) is 9.19. The summed E-state index contributed by atoms with van der Waals surface area (Å²) < 4.78 is 13.7. The molecule has 1 saturated heterocycles. The van der Waals surface area contributed by atoms with E-state index in [-0.39, 0.29) is 24.6 Å². The number of benzene rings is 3. The lowest BCUT2D eigenvalue weighted by Crippen LogP contribution is -2.52. The van der Waals surface area contributed by atoms with Crippen molar-refractivity contribution < 1.29 is 18.8 Å². The van der Waals surface area contributed by atoms with Gasteiger partial charge < -0.3 is 10.2 Å². The SMILES string of the molecule is Cc1nc(-c2cccc(-c3ccc([C@@]4(CN5Cc6ccc(F)cc6C5=O)NC(=O)NC4=O)cc3)c2)cs1. The fourth-order valence-electron chi connectivity index (χ4n) is 4.95. The van der Waals surface area contributed by atoms with Crippen LogP contribution >= 0.6 is 11.3 Å². The number of rotatable bonds is 5. The van der Waals surface area contributed by atoms with Gasteiger partial charge >= 0.3 is 6.03 Å². The number of imide groups is 1. The Morgan fingerprint density at radius 3 is 2.49 bits per heavy atom. The molecule has 2 N–H and O–H groups in total. The highest BCUT2D eigenvalue weighted by Crippen LogP contribution is 2.33. The van der Waals surface area contributed by atoms with Crippen molar-refractivity contribution in [3.63, 3.8) is 0 Å². The highest BCUT2D eigenvalue weighted by molar-refractivity contribution is 7.09. The van der Waals surface area contributed by atoms with E-state index in [4.69, 9.17) is 0 Å². The van der Waals surface area contributed by atoms with Crippen molar-refractivity contribution >= 4 is 29.2 Å². The van der Waals surface area contributed by atoms with E-state index in [2.05, 4.69) is 21.7 Å². The van der Waals surface area contributed by atoms with E-state index in [1.807, 2.05) is 42.6 Å². The Kier molecular flexibility index (Phi) is 5.38. The Labute approximate surface area is 216 Å². The maximum atomic E-state index is 13.7. The molecule has 184 valence electrons. The van der Waals surface area contributed by atoms with Crippen LogP contribution in [-0.2, 0) is 16.9 Å². The monoisotopic (exact) mass is 512 g/mol. The predicted molar refractivity (Wildman–Crippen MR) is 137 cm³/mol. The Morgan fingerprint density at radius 1 is 1.00 bits per heavy atom. The summed E-state index contributed by atoms with van der Waals surface area (Å²) in [5, 5.41) is 8.06.